The van der Waals surface area contributed by atoms with Gasteiger partial charge in [-0.15, -0.1) is 12.4 Å². The molecule has 3 rings (SSSR count). The predicted octanol–water partition coefficient (Wildman–Crippen LogP) is 3.32. The van der Waals surface area contributed by atoms with Crippen LogP contribution >= 0.6 is 12.4 Å². The molecular formula is C16H18ClN. The average Bonchev–Trinajstić information content (AvgIpc) is 2.68. The lowest BCUT2D eigenvalue weighted by Crippen LogP contribution is -2.26. The van der Waals surface area contributed by atoms with E-state index in [-0.39, 0.29) is 18.4 Å². The number of halogens is 1. The quantitative estimate of drug-likeness (QED) is 0.880. The van der Waals surface area contributed by atoms with Gasteiger partial charge in [0.05, 0.1) is 0 Å². The summed E-state index contributed by atoms with van der Waals surface area (Å²) in [7, 11) is 0. The zero-order chi connectivity index (χ0) is 11.7. The molecule has 0 radical (unpaired) electrons. The molecule has 0 saturated heterocycles. The Labute approximate surface area is 114 Å². The Hall–Kier alpha value is -1.31. The number of benzene rings is 2. The van der Waals surface area contributed by atoms with Crippen molar-refractivity contribution >= 4 is 12.4 Å². The fourth-order valence-corrected chi connectivity index (χ4v) is 2.84. The first-order valence-corrected chi connectivity index (χ1v) is 6.22. The molecule has 0 spiro atoms. The summed E-state index contributed by atoms with van der Waals surface area (Å²) in [4.78, 5) is 0. The van der Waals surface area contributed by atoms with Crippen molar-refractivity contribution in [3.63, 3.8) is 0 Å². The fraction of sp³-hybridized carbons (Fsp3) is 0.250. The monoisotopic (exact) mass is 259 g/mol. The molecule has 2 aromatic rings. The van der Waals surface area contributed by atoms with E-state index in [0.29, 0.717) is 5.92 Å². The van der Waals surface area contributed by atoms with Crippen LogP contribution in [-0.2, 0) is 12.8 Å². The molecule has 2 aromatic carbocycles. The van der Waals surface area contributed by atoms with Crippen LogP contribution in [-0.4, -0.2) is 6.04 Å². The predicted molar refractivity (Wildman–Crippen MR) is 78.3 cm³/mol. The first kappa shape index (κ1) is 13.1. The second-order valence-corrected chi connectivity index (χ2v) is 4.86. The van der Waals surface area contributed by atoms with Crippen LogP contribution in [0.25, 0.3) is 0 Å². The van der Waals surface area contributed by atoms with Gasteiger partial charge < -0.3 is 5.73 Å². The molecular weight excluding hydrogens is 242 g/mol. The Morgan fingerprint density at radius 3 is 2.39 bits per heavy atom. The summed E-state index contributed by atoms with van der Waals surface area (Å²) >= 11 is 0. The van der Waals surface area contributed by atoms with E-state index in [0.717, 1.165) is 12.8 Å². The molecule has 94 valence electrons. The number of fused-ring (bicyclic) bond motifs is 1. The molecule has 0 heterocycles. The van der Waals surface area contributed by atoms with Crippen molar-refractivity contribution in [1.82, 2.24) is 0 Å². The van der Waals surface area contributed by atoms with E-state index in [2.05, 4.69) is 54.6 Å². The van der Waals surface area contributed by atoms with E-state index in [1.165, 1.54) is 16.7 Å². The summed E-state index contributed by atoms with van der Waals surface area (Å²) in [6.07, 6.45) is 2.08. The van der Waals surface area contributed by atoms with Crippen molar-refractivity contribution in [2.24, 2.45) is 5.73 Å². The topological polar surface area (TPSA) is 26.0 Å². The Kier molecular flexibility index (Phi) is 4.05. The molecule has 1 aliphatic carbocycles. The standard InChI is InChI=1S/C16H17N.ClH/c17-16-11-13-8-4-5-9-14(13)15(16)10-12-6-2-1-3-7-12;/h1-9,15-16H,10-11,17H2;1H/t15-,16+;/m1./s1. The van der Waals surface area contributed by atoms with Crippen LogP contribution in [0.3, 0.4) is 0 Å². The highest BCUT2D eigenvalue weighted by atomic mass is 35.5. The zero-order valence-corrected chi connectivity index (χ0v) is 11.1. The highest BCUT2D eigenvalue weighted by Crippen LogP contribution is 2.34. The largest absolute Gasteiger partial charge is 0.327 e. The van der Waals surface area contributed by atoms with Crippen LogP contribution in [0.15, 0.2) is 54.6 Å². The third-order valence-corrected chi connectivity index (χ3v) is 3.73. The summed E-state index contributed by atoms with van der Waals surface area (Å²) in [6, 6.07) is 19.6. The van der Waals surface area contributed by atoms with Gasteiger partial charge in [0, 0.05) is 12.0 Å². The Morgan fingerprint density at radius 2 is 1.61 bits per heavy atom. The maximum Gasteiger partial charge on any atom is 0.0152 e. The first-order valence-electron chi connectivity index (χ1n) is 6.22. The van der Waals surface area contributed by atoms with Gasteiger partial charge in [0.15, 0.2) is 0 Å². The Morgan fingerprint density at radius 1 is 0.944 bits per heavy atom. The van der Waals surface area contributed by atoms with Gasteiger partial charge in [0.2, 0.25) is 0 Å². The molecule has 2 atom stereocenters. The molecule has 2 N–H and O–H groups in total. The highest BCUT2D eigenvalue weighted by Gasteiger charge is 2.29. The summed E-state index contributed by atoms with van der Waals surface area (Å²) in [5.74, 6) is 0.480. The number of nitrogens with two attached hydrogens (primary N) is 1. The van der Waals surface area contributed by atoms with Crippen LogP contribution in [0, 0.1) is 0 Å². The van der Waals surface area contributed by atoms with Crippen LogP contribution in [0.1, 0.15) is 22.6 Å². The Bertz CT molecular complexity index is 510. The lowest BCUT2D eigenvalue weighted by atomic mass is 9.91. The van der Waals surface area contributed by atoms with Crippen molar-refractivity contribution < 1.29 is 0 Å². The fourth-order valence-electron chi connectivity index (χ4n) is 2.84. The zero-order valence-electron chi connectivity index (χ0n) is 10.3. The highest BCUT2D eigenvalue weighted by molar-refractivity contribution is 5.85. The van der Waals surface area contributed by atoms with E-state index in [9.17, 15) is 0 Å². The summed E-state index contributed by atoms with van der Waals surface area (Å²) in [6.45, 7) is 0. The van der Waals surface area contributed by atoms with Crippen LogP contribution in [0.5, 0.6) is 0 Å². The molecule has 0 unspecified atom stereocenters. The summed E-state index contributed by atoms with van der Waals surface area (Å²) in [5.41, 5.74) is 10.5. The minimum absolute atomic E-state index is 0. The molecule has 0 amide bonds. The SMILES string of the molecule is Cl.N[C@H]1Cc2ccccc2[C@H]1Cc1ccccc1. The molecule has 18 heavy (non-hydrogen) atoms. The van der Waals surface area contributed by atoms with E-state index in [1.807, 2.05) is 0 Å². The van der Waals surface area contributed by atoms with Crippen molar-refractivity contribution in [2.45, 2.75) is 24.8 Å². The van der Waals surface area contributed by atoms with Crippen LogP contribution < -0.4 is 5.73 Å². The van der Waals surface area contributed by atoms with Gasteiger partial charge in [-0.05, 0) is 29.5 Å². The lowest BCUT2D eigenvalue weighted by molar-refractivity contribution is 0.570. The molecule has 0 fully saturated rings. The maximum absolute atomic E-state index is 6.28. The van der Waals surface area contributed by atoms with Crippen molar-refractivity contribution in [1.29, 1.82) is 0 Å². The van der Waals surface area contributed by atoms with E-state index < -0.39 is 0 Å². The number of hydrogen-bond donors (Lipinski definition) is 1. The third kappa shape index (κ3) is 2.43. The maximum atomic E-state index is 6.28. The molecule has 0 bridgehead atoms. The third-order valence-electron chi connectivity index (χ3n) is 3.73. The minimum atomic E-state index is 0. The number of rotatable bonds is 2. The molecule has 0 saturated carbocycles. The second kappa shape index (κ2) is 5.55. The van der Waals surface area contributed by atoms with Gasteiger partial charge in [-0.25, -0.2) is 0 Å². The van der Waals surface area contributed by atoms with Gasteiger partial charge in [0.1, 0.15) is 0 Å². The van der Waals surface area contributed by atoms with Crippen molar-refractivity contribution in [3.05, 3.63) is 71.3 Å². The molecule has 2 heteroatoms. The average molecular weight is 260 g/mol. The Balaban J connectivity index is 0.00000120. The van der Waals surface area contributed by atoms with Gasteiger partial charge in [-0.2, -0.15) is 0 Å². The molecule has 0 aromatic heterocycles. The van der Waals surface area contributed by atoms with Crippen molar-refractivity contribution in [3.8, 4) is 0 Å². The second-order valence-electron chi connectivity index (χ2n) is 4.86. The minimum Gasteiger partial charge on any atom is -0.327 e. The summed E-state index contributed by atoms with van der Waals surface area (Å²) < 4.78 is 0. The van der Waals surface area contributed by atoms with E-state index >= 15 is 0 Å². The van der Waals surface area contributed by atoms with Gasteiger partial charge in [0.25, 0.3) is 0 Å². The van der Waals surface area contributed by atoms with Crippen LogP contribution in [0.2, 0.25) is 0 Å². The van der Waals surface area contributed by atoms with E-state index in [1.54, 1.807) is 0 Å². The smallest absolute Gasteiger partial charge is 0.0152 e. The molecule has 1 nitrogen and oxygen atoms in total. The van der Waals surface area contributed by atoms with Gasteiger partial charge in [-0.1, -0.05) is 54.6 Å². The summed E-state index contributed by atoms with van der Waals surface area (Å²) in [5, 5.41) is 0. The van der Waals surface area contributed by atoms with E-state index in [4.69, 9.17) is 5.73 Å². The first-order chi connectivity index (χ1) is 8.34. The normalized spacial score (nSPS) is 21.2. The van der Waals surface area contributed by atoms with Crippen LogP contribution in [0.4, 0.5) is 0 Å². The van der Waals surface area contributed by atoms with Crippen molar-refractivity contribution in [2.75, 3.05) is 0 Å². The van der Waals surface area contributed by atoms with Gasteiger partial charge in [-0.3, -0.25) is 0 Å². The van der Waals surface area contributed by atoms with Gasteiger partial charge >= 0.3 is 0 Å². The molecule has 0 aliphatic heterocycles. The number of hydrogen-bond acceptors (Lipinski definition) is 1. The molecule has 1 aliphatic rings. The lowest BCUT2D eigenvalue weighted by Gasteiger charge is -2.16.